The first-order valence-corrected chi connectivity index (χ1v) is 17.6. The summed E-state index contributed by atoms with van der Waals surface area (Å²) in [6, 6.07) is 23.9. The third kappa shape index (κ3) is 5.78. The minimum absolute atomic E-state index is 0.0605. The lowest BCUT2D eigenvalue weighted by atomic mass is 9.83. The fraction of sp³-hybridized carbons (Fsp3) is 0.286. The molecule has 0 atom stereocenters. The zero-order valence-corrected chi connectivity index (χ0v) is 29.6. The van der Waals surface area contributed by atoms with Crippen LogP contribution in [0.5, 0.6) is 0 Å². The van der Waals surface area contributed by atoms with Gasteiger partial charge in [-0.2, -0.15) is 0 Å². The lowest BCUT2D eigenvalue weighted by Crippen LogP contribution is -2.26. The van der Waals surface area contributed by atoms with Gasteiger partial charge in [-0.1, -0.05) is 24.3 Å². The molecule has 0 saturated heterocycles. The number of carbonyl (C=O) groups excluding carboxylic acids is 4. The number of nitrogens with zero attached hydrogens (tertiary/aromatic N) is 3. The van der Waals surface area contributed by atoms with Crippen LogP contribution in [0.2, 0.25) is 0 Å². The van der Waals surface area contributed by atoms with Crippen LogP contribution >= 0.6 is 0 Å². The van der Waals surface area contributed by atoms with E-state index in [0.29, 0.717) is 49.9 Å². The second-order valence-corrected chi connectivity index (χ2v) is 12.3. The van der Waals surface area contributed by atoms with E-state index in [0.717, 1.165) is 56.3 Å². The molecule has 1 heterocycles. The third-order valence-electron chi connectivity index (χ3n) is 9.89. The molecule has 8 heteroatoms. The van der Waals surface area contributed by atoms with E-state index in [1.54, 1.807) is 36.4 Å². The van der Waals surface area contributed by atoms with E-state index in [4.69, 9.17) is 4.42 Å². The van der Waals surface area contributed by atoms with Gasteiger partial charge in [-0.25, -0.2) is 0 Å². The fourth-order valence-corrected chi connectivity index (χ4v) is 7.09. The lowest BCUT2D eigenvalue weighted by Gasteiger charge is -2.26. The molecule has 256 valence electrons. The zero-order chi connectivity index (χ0) is 35.7. The van der Waals surface area contributed by atoms with Crippen molar-refractivity contribution in [1.29, 1.82) is 0 Å². The number of hydrogen-bond acceptors (Lipinski definition) is 8. The molecule has 8 nitrogen and oxygen atoms in total. The smallest absolute Gasteiger partial charge is 0.229 e. The summed E-state index contributed by atoms with van der Waals surface area (Å²) in [5.74, 6) is -0.329. The summed E-state index contributed by atoms with van der Waals surface area (Å²) in [6.45, 7) is 17.7. The maximum absolute atomic E-state index is 13.0. The van der Waals surface area contributed by atoms with E-state index in [9.17, 15) is 19.2 Å². The van der Waals surface area contributed by atoms with Crippen LogP contribution in [0.25, 0.3) is 11.0 Å². The molecule has 0 unspecified atom stereocenters. The maximum Gasteiger partial charge on any atom is 0.229 e. The van der Waals surface area contributed by atoms with E-state index < -0.39 is 0 Å². The molecular formula is C42H43N3O5. The monoisotopic (exact) mass is 669 g/mol. The summed E-state index contributed by atoms with van der Waals surface area (Å²) in [5.41, 5.74) is 6.88. The van der Waals surface area contributed by atoms with E-state index in [1.165, 1.54) is 0 Å². The predicted octanol–water partition coefficient (Wildman–Crippen LogP) is 8.21. The Hall–Kier alpha value is -5.50. The Kier molecular flexibility index (Phi) is 9.73. The number of carbonyl (C=O) groups is 4. The number of ketones is 4. The molecular weight excluding hydrogens is 626 g/mol. The first-order chi connectivity index (χ1) is 24.2. The van der Waals surface area contributed by atoms with Gasteiger partial charge in [0.05, 0.1) is 5.56 Å². The van der Waals surface area contributed by atoms with E-state index in [2.05, 4.69) is 56.2 Å². The average Bonchev–Trinajstić information content (AvgIpc) is 3.54. The van der Waals surface area contributed by atoms with Gasteiger partial charge < -0.3 is 19.1 Å². The number of hydrogen-bond donors (Lipinski definition) is 0. The largest absolute Gasteiger partial charge is 0.452 e. The predicted molar refractivity (Wildman–Crippen MR) is 200 cm³/mol. The van der Waals surface area contributed by atoms with E-state index in [-0.39, 0.29) is 28.9 Å². The topological polar surface area (TPSA) is 91.1 Å². The molecule has 0 saturated carbocycles. The molecule has 0 bridgehead atoms. The van der Waals surface area contributed by atoms with Crippen molar-refractivity contribution < 1.29 is 23.6 Å². The van der Waals surface area contributed by atoms with Gasteiger partial charge >= 0.3 is 0 Å². The van der Waals surface area contributed by atoms with Gasteiger partial charge in [-0.15, -0.1) is 0 Å². The maximum atomic E-state index is 13.0. The second-order valence-electron chi connectivity index (χ2n) is 12.3. The average molecular weight is 670 g/mol. The van der Waals surface area contributed by atoms with Crippen molar-refractivity contribution in [1.82, 2.24) is 0 Å². The molecule has 0 spiro atoms. The van der Waals surface area contributed by atoms with Crippen molar-refractivity contribution in [3.8, 4) is 0 Å². The molecule has 0 radical (unpaired) electrons. The number of rotatable bonds is 9. The van der Waals surface area contributed by atoms with Crippen molar-refractivity contribution in [3.05, 3.63) is 124 Å². The quantitative estimate of drug-likeness (QED) is 0.152. The Balaban J connectivity index is 0.000000173. The first-order valence-electron chi connectivity index (χ1n) is 17.6. The molecule has 0 aliphatic heterocycles. The zero-order valence-electron chi connectivity index (χ0n) is 29.6. The molecule has 2 aliphatic carbocycles. The number of anilines is 3. The summed E-state index contributed by atoms with van der Waals surface area (Å²) in [6.07, 6.45) is 0. The molecule has 0 N–H and O–H groups in total. The molecule has 7 rings (SSSR count). The summed E-state index contributed by atoms with van der Waals surface area (Å²) in [4.78, 5) is 58.2. The van der Waals surface area contributed by atoms with Crippen LogP contribution in [0.4, 0.5) is 17.1 Å². The highest BCUT2D eigenvalue weighted by Gasteiger charge is 2.35. The van der Waals surface area contributed by atoms with Crippen LogP contribution in [-0.2, 0) is 0 Å². The van der Waals surface area contributed by atoms with Gasteiger partial charge in [0.2, 0.25) is 5.78 Å². The normalized spacial score (nSPS) is 12.8. The van der Waals surface area contributed by atoms with Crippen molar-refractivity contribution in [2.24, 2.45) is 0 Å². The summed E-state index contributed by atoms with van der Waals surface area (Å²) < 4.78 is 5.81. The van der Waals surface area contributed by atoms with Gasteiger partial charge in [0.1, 0.15) is 5.58 Å². The van der Waals surface area contributed by atoms with Crippen LogP contribution < -0.4 is 14.7 Å². The Bertz CT molecular complexity index is 2060. The highest BCUT2D eigenvalue weighted by molar-refractivity contribution is 6.31. The summed E-state index contributed by atoms with van der Waals surface area (Å²) in [7, 11) is 0. The molecule has 0 amide bonds. The SMILES string of the molecule is CCN(CC)c1ccc2c(c1)C(=O)c1ccc(N(CC)CC)cc1C2=O.CCN(CC)c1ccc2c3c(oc2c1)C(=O)c1ccccc1C3=O. The van der Waals surface area contributed by atoms with Crippen LogP contribution in [0.3, 0.4) is 0 Å². The molecule has 4 aromatic carbocycles. The van der Waals surface area contributed by atoms with Crippen LogP contribution in [0, 0.1) is 0 Å². The molecule has 2 aliphatic rings. The summed E-state index contributed by atoms with van der Waals surface area (Å²) in [5, 5.41) is 0.703. The number of fused-ring (bicyclic) bond motifs is 6. The Morgan fingerprint density at radius 3 is 1.30 bits per heavy atom. The van der Waals surface area contributed by atoms with Gasteiger partial charge in [0, 0.05) is 101 Å². The molecule has 50 heavy (non-hydrogen) atoms. The van der Waals surface area contributed by atoms with Crippen LogP contribution in [0.1, 0.15) is 105 Å². The standard InChI is InChI=1S/C22H26N2O2.C20H17NO3/c1-5-23(6-2)15-9-11-17-19(13-15)21(25)18-12-10-16(24(7-3)8-4)14-20(18)22(17)26;1-3-21(4-2)12-9-10-15-16(11-12)24-20-17(15)18(22)13-7-5-6-8-14(13)19(20)23/h9-14H,5-8H2,1-4H3;5-11H,3-4H2,1-2H3. The van der Waals surface area contributed by atoms with Gasteiger partial charge in [-0.3, -0.25) is 19.2 Å². The fourth-order valence-electron chi connectivity index (χ4n) is 7.09. The molecule has 1 aromatic heterocycles. The number of benzene rings is 4. The molecule has 5 aromatic rings. The van der Waals surface area contributed by atoms with Crippen LogP contribution in [-0.4, -0.2) is 62.4 Å². The number of furan rings is 1. The van der Waals surface area contributed by atoms with E-state index in [1.807, 2.05) is 42.5 Å². The highest BCUT2D eigenvalue weighted by Crippen LogP contribution is 2.37. The Morgan fingerprint density at radius 2 is 0.840 bits per heavy atom. The minimum Gasteiger partial charge on any atom is -0.452 e. The van der Waals surface area contributed by atoms with Crippen molar-refractivity contribution in [2.75, 3.05) is 54.0 Å². The Labute approximate surface area is 293 Å². The third-order valence-corrected chi connectivity index (χ3v) is 9.89. The van der Waals surface area contributed by atoms with E-state index >= 15 is 0 Å². The minimum atomic E-state index is -0.221. The van der Waals surface area contributed by atoms with Crippen molar-refractivity contribution >= 4 is 51.2 Å². The first kappa shape index (κ1) is 34.4. The van der Waals surface area contributed by atoms with Gasteiger partial charge in [0.25, 0.3) is 0 Å². The second kappa shape index (κ2) is 14.2. The van der Waals surface area contributed by atoms with Gasteiger partial charge in [0.15, 0.2) is 23.1 Å². The van der Waals surface area contributed by atoms with Crippen molar-refractivity contribution in [3.63, 3.8) is 0 Å². The van der Waals surface area contributed by atoms with Crippen molar-refractivity contribution in [2.45, 2.75) is 41.5 Å². The van der Waals surface area contributed by atoms with Gasteiger partial charge in [-0.05, 0) is 90.1 Å². The Morgan fingerprint density at radius 1 is 0.440 bits per heavy atom. The van der Waals surface area contributed by atoms with Crippen LogP contribution in [0.15, 0.2) is 83.3 Å². The lowest BCUT2D eigenvalue weighted by molar-refractivity contribution is 0.0962. The molecule has 0 fully saturated rings. The highest BCUT2D eigenvalue weighted by atomic mass is 16.3. The summed E-state index contributed by atoms with van der Waals surface area (Å²) >= 11 is 0.